The topological polar surface area (TPSA) is 75.4 Å². The van der Waals surface area contributed by atoms with E-state index < -0.39 is 5.97 Å². The molecule has 0 bridgehead atoms. The van der Waals surface area contributed by atoms with Gasteiger partial charge >= 0.3 is 5.97 Å². The highest BCUT2D eigenvalue weighted by molar-refractivity contribution is 5.92. The number of carboxylic acids is 1. The first kappa shape index (κ1) is 19.5. The number of likely N-dealkylation sites (tertiary alicyclic amines) is 1. The minimum absolute atomic E-state index is 0.0655. The maximum absolute atomic E-state index is 12.9. The van der Waals surface area contributed by atoms with Crippen LogP contribution in [-0.4, -0.2) is 38.6 Å². The summed E-state index contributed by atoms with van der Waals surface area (Å²) in [7, 11) is 1.77. The first-order valence-corrected chi connectivity index (χ1v) is 9.79. The first-order chi connectivity index (χ1) is 12.8. The average molecular weight is 371 g/mol. The second-order valence-corrected chi connectivity index (χ2v) is 8.08. The van der Waals surface area contributed by atoms with E-state index in [0.29, 0.717) is 22.7 Å². The third-order valence-corrected chi connectivity index (χ3v) is 5.56. The van der Waals surface area contributed by atoms with Gasteiger partial charge in [-0.1, -0.05) is 27.2 Å². The summed E-state index contributed by atoms with van der Waals surface area (Å²) >= 11 is 0. The Morgan fingerprint density at radius 1 is 1.30 bits per heavy atom. The minimum atomic E-state index is -1.01. The van der Waals surface area contributed by atoms with Crippen LogP contribution in [0, 0.1) is 11.8 Å². The van der Waals surface area contributed by atoms with E-state index in [-0.39, 0.29) is 17.2 Å². The predicted octanol–water partition coefficient (Wildman–Crippen LogP) is 3.45. The maximum atomic E-state index is 12.9. The smallest absolute Gasteiger partial charge is 0.335 e. The predicted molar refractivity (Wildman–Crippen MR) is 106 cm³/mol. The summed E-state index contributed by atoms with van der Waals surface area (Å²) in [6, 6.07) is 4.60. The number of benzene rings is 1. The molecule has 1 aromatic carbocycles. The molecule has 2 aromatic rings. The summed E-state index contributed by atoms with van der Waals surface area (Å²) in [6.07, 6.45) is 3.14. The van der Waals surface area contributed by atoms with Crippen LogP contribution in [0.2, 0.25) is 0 Å². The number of aromatic nitrogens is 2. The number of hydrogen-bond donors (Lipinski definition) is 1. The monoisotopic (exact) mass is 371 g/mol. The molecule has 1 aliphatic rings. The molecule has 1 aliphatic heterocycles. The summed E-state index contributed by atoms with van der Waals surface area (Å²) in [6.45, 7) is 8.69. The zero-order valence-corrected chi connectivity index (χ0v) is 16.6. The van der Waals surface area contributed by atoms with E-state index in [1.165, 1.54) is 18.6 Å². The van der Waals surface area contributed by atoms with Gasteiger partial charge in [-0.25, -0.2) is 9.78 Å². The van der Waals surface area contributed by atoms with Crippen LogP contribution in [0.5, 0.6) is 0 Å². The van der Waals surface area contributed by atoms with Crippen LogP contribution in [0.15, 0.2) is 23.0 Å². The molecule has 1 saturated heterocycles. The lowest BCUT2D eigenvalue weighted by Gasteiger charge is -2.40. The van der Waals surface area contributed by atoms with E-state index in [0.717, 1.165) is 31.8 Å². The van der Waals surface area contributed by atoms with Crippen LogP contribution in [0.25, 0.3) is 10.9 Å². The molecule has 146 valence electrons. The first-order valence-electron chi connectivity index (χ1n) is 9.79. The highest BCUT2D eigenvalue weighted by atomic mass is 16.4. The van der Waals surface area contributed by atoms with Gasteiger partial charge in [-0.3, -0.25) is 14.3 Å². The van der Waals surface area contributed by atoms with Gasteiger partial charge in [0.25, 0.3) is 5.56 Å². The number of fused-ring (bicyclic) bond motifs is 1. The molecule has 3 rings (SSSR count). The third-order valence-electron chi connectivity index (χ3n) is 5.56. The Kier molecular flexibility index (Phi) is 5.65. The molecule has 0 aliphatic carbocycles. The lowest BCUT2D eigenvalue weighted by molar-refractivity contribution is 0.0697. The van der Waals surface area contributed by atoms with E-state index in [2.05, 4.69) is 25.7 Å². The van der Waals surface area contributed by atoms with Crippen molar-refractivity contribution in [1.82, 2.24) is 14.5 Å². The Morgan fingerprint density at radius 3 is 2.56 bits per heavy atom. The molecule has 2 heterocycles. The molecule has 27 heavy (non-hydrogen) atoms. The Morgan fingerprint density at radius 2 is 1.96 bits per heavy atom. The molecule has 1 fully saturated rings. The highest BCUT2D eigenvalue weighted by Gasteiger charge is 2.30. The van der Waals surface area contributed by atoms with Crippen molar-refractivity contribution in [3.05, 3.63) is 39.9 Å². The van der Waals surface area contributed by atoms with E-state index in [9.17, 15) is 14.7 Å². The number of piperidine rings is 1. The SMILES string of the molecule is CCCC(c1nc2cc(C(=O)O)ccc2c(=O)n1C)N1C[C@H](C)C[C@H](C)C1. The summed E-state index contributed by atoms with van der Waals surface area (Å²) < 4.78 is 1.65. The highest BCUT2D eigenvalue weighted by Crippen LogP contribution is 2.31. The van der Waals surface area contributed by atoms with Crippen LogP contribution in [0.3, 0.4) is 0 Å². The fraction of sp³-hybridized carbons (Fsp3) is 0.571. The number of carboxylic acid groups (broad SMARTS) is 1. The van der Waals surface area contributed by atoms with Gasteiger partial charge in [0, 0.05) is 20.1 Å². The fourth-order valence-corrected chi connectivity index (χ4v) is 4.43. The number of carbonyl (C=O) groups is 1. The van der Waals surface area contributed by atoms with Gasteiger partial charge in [-0.05, 0) is 42.9 Å². The molecule has 6 heteroatoms. The number of rotatable bonds is 5. The van der Waals surface area contributed by atoms with Crippen LogP contribution in [0.1, 0.15) is 62.3 Å². The summed E-state index contributed by atoms with van der Waals surface area (Å²) in [4.78, 5) is 31.5. The second kappa shape index (κ2) is 7.80. The largest absolute Gasteiger partial charge is 0.478 e. The molecule has 3 atom stereocenters. The maximum Gasteiger partial charge on any atom is 0.335 e. The van der Waals surface area contributed by atoms with Crippen LogP contribution < -0.4 is 5.56 Å². The van der Waals surface area contributed by atoms with Crippen molar-refractivity contribution < 1.29 is 9.90 Å². The van der Waals surface area contributed by atoms with E-state index in [4.69, 9.17) is 4.98 Å². The van der Waals surface area contributed by atoms with Gasteiger partial charge in [-0.15, -0.1) is 0 Å². The molecular formula is C21H29N3O3. The van der Waals surface area contributed by atoms with Crippen molar-refractivity contribution in [2.75, 3.05) is 13.1 Å². The second-order valence-electron chi connectivity index (χ2n) is 8.08. The molecule has 6 nitrogen and oxygen atoms in total. The Labute approximate surface area is 159 Å². The normalized spacial score (nSPS) is 22.1. The standard InChI is InChI=1S/C21H29N3O3/c1-5-6-18(24-11-13(2)9-14(3)12-24)19-22-17-10-15(21(26)27)7-8-16(17)20(25)23(19)4/h7-8,10,13-14,18H,5-6,9,11-12H2,1-4H3,(H,26,27)/t13-,14+,18?. The van der Waals surface area contributed by atoms with Crippen molar-refractivity contribution >= 4 is 16.9 Å². The van der Waals surface area contributed by atoms with Crippen molar-refractivity contribution in [3.8, 4) is 0 Å². The van der Waals surface area contributed by atoms with Crippen LogP contribution >= 0.6 is 0 Å². The molecular weight excluding hydrogens is 342 g/mol. The number of nitrogens with zero attached hydrogens (tertiary/aromatic N) is 3. The van der Waals surface area contributed by atoms with Gasteiger partial charge in [0.2, 0.25) is 0 Å². The Bertz CT molecular complexity index is 895. The van der Waals surface area contributed by atoms with E-state index in [1.54, 1.807) is 17.7 Å². The molecule has 1 aromatic heterocycles. The van der Waals surface area contributed by atoms with Gasteiger partial charge in [0.05, 0.1) is 22.5 Å². The van der Waals surface area contributed by atoms with Crippen molar-refractivity contribution in [2.24, 2.45) is 18.9 Å². The van der Waals surface area contributed by atoms with Crippen LogP contribution in [-0.2, 0) is 7.05 Å². The molecule has 1 unspecified atom stereocenters. The quantitative estimate of drug-likeness (QED) is 0.871. The van der Waals surface area contributed by atoms with Crippen LogP contribution in [0.4, 0.5) is 0 Å². The van der Waals surface area contributed by atoms with Gasteiger partial charge < -0.3 is 5.11 Å². The lowest BCUT2D eigenvalue weighted by Crippen LogP contribution is -2.43. The number of aromatic carboxylic acids is 1. The fourth-order valence-electron chi connectivity index (χ4n) is 4.43. The molecule has 1 N–H and O–H groups in total. The summed E-state index contributed by atoms with van der Waals surface area (Å²) in [5.74, 6) is 0.955. The van der Waals surface area contributed by atoms with E-state index >= 15 is 0 Å². The molecule has 0 saturated carbocycles. The Hall–Kier alpha value is -2.21. The van der Waals surface area contributed by atoms with Gasteiger partial charge in [-0.2, -0.15) is 0 Å². The van der Waals surface area contributed by atoms with E-state index in [1.807, 2.05) is 0 Å². The van der Waals surface area contributed by atoms with Gasteiger partial charge in [0.15, 0.2) is 0 Å². The lowest BCUT2D eigenvalue weighted by atomic mass is 9.90. The number of hydrogen-bond acceptors (Lipinski definition) is 4. The van der Waals surface area contributed by atoms with Crippen molar-refractivity contribution in [3.63, 3.8) is 0 Å². The molecule has 0 amide bonds. The summed E-state index contributed by atoms with van der Waals surface area (Å²) in [5.41, 5.74) is 0.500. The zero-order valence-electron chi connectivity index (χ0n) is 16.6. The average Bonchev–Trinajstić information content (AvgIpc) is 2.61. The van der Waals surface area contributed by atoms with Crippen molar-refractivity contribution in [1.29, 1.82) is 0 Å². The Balaban J connectivity index is 2.12. The van der Waals surface area contributed by atoms with Gasteiger partial charge in [0.1, 0.15) is 5.82 Å². The minimum Gasteiger partial charge on any atom is -0.478 e. The molecule has 0 radical (unpaired) electrons. The zero-order chi connectivity index (χ0) is 19.7. The third kappa shape index (κ3) is 3.90. The summed E-state index contributed by atoms with van der Waals surface area (Å²) in [5, 5.41) is 9.73. The van der Waals surface area contributed by atoms with Crippen molar-refractivity contribution in [2.45, 2.75) is 46.1 Å². The molecule has 0 spiro atoms.